The number of esters is 1. The third-order valence-electron chi connectivity index (χ3n) is 3.39. The minimum Gasteiger partial charge on any atom is -0.464 e. The lowest BCUT2D eigenvalue weighted by Crippen LogP contribution is -2.00. The molecule has 0 atom stereocenters. The van der Waals surface area contributed by atoms with E-state index in [1.807, 2.05) is 30.3 Å². The first-order valence-electron chi connectivity index (χ1n) is 6.84. The van der Waals surface area contributed by atoms with Crippen molar-refractivity contribution in [2.45, 2.75) is 10.6 Å². The Morgan fingerprint density at radius 3 is 2.70 bits per heavy atom. The van der Waals surface area contributed by atoms with Crippen molar-refractivity contribution in [3.63, 3.8) is 0 Å². The van der Waals surface area contributed by atoms with Crippen molar-refractivity contribution < 1.29 is 9.53 Å². The average Bonchev–Trinajstić information content (AvgIpc) is 2.98. The van der Waals surface area contributed by atoms with E-state index in [0.717, 1.165) is 31.0 Å². The number of halogens is 2. The highest BCUT2D eigenvalue weighted by Gasteiger charge is 2.12. The van der Waals surface area contributed by atoms with Crippen LogP contribution < -0.4 is 0 Å². The van der Waals surface area contributed by atoms with E-state index in [-0.39, 0.29) is 5.97 Å². The Labute approximate surface area is 151 Å². The highest BCUT2D eigenvalue weighted by atomic mass is 79.9. The molecule has 0 saturated heterocycles. The van der Waals surface area contributed by atoms with Crippen molar-refractivity contribution in [3.05, 3.63) is 63.2 Å². The summed E-state index contributed by atoms with van der Waals surface area (Å²) in [6, 6.07) is 13.7. The van der Waals surface area contributed by atoms with Crippen molar-refractivity contribution >= 4 is 56.2 Å². The number of aromatic amines is 1. The SMILES string of the molecule is COC(=O)c1cc2c(Br)cc(SCc3ccc(Cl)cc3)cc2[nH]1. The highest BCUT2D eigenvalue weighted by molar-refractivity contribution is 9.10. The number of H-pyrrole nitrogens is 1. The van der Waals surface area contributed by atoms with Gasteiger partial charge in [-0.25, -0.2) is 4.79 Å². The molecule has 1 aromatic heterocycles. The summed E-state index contributed by atoms with van der Waals surface area (Å²) in [7, 11) is 1.37. The molecule has 0 aliphatic heterocycles. The minimum atomic E-state index is -0.372. The fourth-order valence-electron chi connectivity index (χ4n) is 2.22. The minimum absolute atomic E-state index is 0.372. The summed E-state index contributed by atoms with van der Waals surface area (Å²) in [6.07, 6.45) is 0. The Kier molecular flexibility index (Phi) is 4.99. The van der Waals surface area contributed by atoms with Crippen LogP contribution in [0.5, 0.6) is 0 Å². The number of hydrogen-bond acceptors (Lipinski definition) is 3. The van der Waals surface area contributed by atoms with E-state index in [9.17, 15) is 4.79 Å². The maximum absolute atomic E-state index is 11.6. The molecule has 2 aromatic carbocycles. The third kappa shape index (κ3) is 3.74. The van der Waals surface area contributed by atoms with E-state index in [0.29, 0.717) is 5.69 Å². The summed E-state index contributed by atoms with van der Waals surface area (Å²) >= 11 is 11.2. The Bertz CT molecular complexity index is 861. The molecule has 0 radical (unpaired) electrons. The fraction of sp³-hybridized carbons (Fsp3) is 0.118. The zero-order chi connectivity index (χ0) is 16.4. The van der Waals surface area contributed by atoms with Crippen LogP contribution in [-0.2, 0) is 10.5 Å². The fourth-order valence-corrected chi connectivity index (χ4v) is 4.00. The van der Waals surface area contributed by atoms with Crippen LogP contribution >= 0.6 is 39.3 Å². The van der Waals surface area contributed by atoms with Gasteiger partial charge < -0.3 is 9.72 Å². The second-order valence-electron chi connectivity index (χ2n) is 4.96. The number of methoxy groups -OCH3 is 1. The Balaban J connectivity index is 1.84. The summed E-state index contributed by atoms with van der Waals surface area (Å²) in [5.41, 5.74) is 2.55. The molecule has 1 heterocycles. The lowest BCUT2D eigenvalue weighted by atomic mass is 10.2. The van der Waals surface area contributed by atoms with Gasteiger partial charge in [0.15, 0.2) is 0 Å². The molecule has 0 aliphatic carbocycles. The molecular formula is C17H13BrClNO2S. The zero-order valence-corrected chi connectivity index (χ0v) is 15.4. The van der Waals surface area contributed by atoms with E-state index >= 15 is 0 Å². The molecule has 0 fully saturated rings. The van der Waals surface area contributed by atoms with Gasteiger partial charge in [-0.2, -0.15) is 0 Å². The van der Waals surface area contributed by atoms with Crippen molar-refractivity contribution in [1.82, 2.24) is 4.98 Å². The van der Waals surface area contributed by atoms with Gasteiger partial charge >= 0.3 is 5.97 Å². The van der Waals surface area contributed by atoms with Crippen molar-refractivity contribution in [2.75, 3.05) is 7.11 Å². The van der Waals surface area contributed by atoms with Crippen LogP contribution in [0.2, 0.25) is 5.02 Å². The molecule has 118 valence electrons. The molecule has 23 heavy (non-hydrogen) atoms. The molecule has 0 saturated carbocycles. The highest BCUT2D eigenvalue weighted by Crippen LogP contribution is 2.32. The average molecular weight is 411 g/mol. The van der Waals surface area contributed by atoms with Gasteiger partial charge in [0.2, 0.25) is 0 Å². The second-order valence-corrected chi connectivity index (χ2v) is 7.30. The van der Waals surface area contributed by atoms with Gasteiger partial charge in [-0.3, -0.25) is 0 Å². The summed E-state index contributed by atoms with van der Waals surface area (Å²) < 4.78 is 5.69. The standard InChI is InChI=1S/C17H13BrClNO2S/c1-22-17(21)16-8-13-14(18)6-12(7-15(13)20-16)23-9-10-2-4-11(19)5-3-10/h2-8,20H,9H2,1H3. The zero-order valence-electron chi connectivity index (χ0n) is 12.2. The predicted octanol–water partition coefficient (Wildman–Crippen LogP) is 5.66. The topological polar surface area (TPSA) is 42.1 Å². The summed E-state index contributed by atoms with van der Waals surface area (Å²) in [5, 5.41) is 1.70. The molecule has 0 spiro atoms. The van der Waals surface area contributed by atoms with E-state index in [4.69, 9.17) is 16.3 Å². The number of rotatable bonds is 4. The smallest absolute Gasteiger partial charge is 0.354 e. The number of carbonyl (C=O) groups excluding carboxylic acids is 1. The molecule has 0 amide bonds. The molecule has 6 heteroatoms. The van der Waals surface area contributed by atoms with Gasteiger partial charge in [-0.15, -0.1) is 11.8 Å². The summed E-state index contributed by atoms with van der Waals surface area (Å²) in [6.45, 7) is 0. The number of aromatic nitrogens is 1. The van der Waals surface area contributed by atoms with Gasteiger partial charge in [-0.1, -0.05) is 39.7 Å². The first kappa shape index (κ1) is 16.4. The third-order valence-corrected chi connectivity index (χ3v) is 5.34. The van der Waals surface area contributed by atoms with Gasteiger partial charge in [0.05, 0.1) is 7.11 Å². The molecule has 3 rings (SSSR count). The molecular weight excluding hydrogens is 398 g/mol. The predicted molar refractivity (Wildman–Crippen MR) is 98.4 cm³/mol. The second kappa shape index (κ2) is 6.99. The van der Waals surface area contributed by atoms with Crippen molar-refractivity contribution in [2.24, 2.45) is 0 Å². The van der Waals surface area contributed by atoms with Crippen LogP contribution in [0.25, 0.3) is 10.9 Å². The number of ether oxygens (including phenoxy) is 1. The Morgan fingerprint density at radius 1 is 1.26 bits per heavy atom. The van der Waals surface area contributed by atoms with E-state index in [2.05, 4.69) is 27.0 Å². The molecule has 0 aliphatic rings. The van der Waals surface area contributed by atoms with E-state index in [1.165, 1.54) is 12.7 Å². The van der Waals surface area contributed by atoms with Crippen molar-refractivity contribution in [1.29, 1.82) is 0 Å². The first-order valence-corrected chi connectivity index (χ1v) is 9.00. The van der Waals surface area contributed by atoms with Crippen LogP contribution in [0, 0.1) is 0 Å². The number of benzene rings is 2. The van der Waals surface area contributed by atoms with Crippen LogP contribution in [0.3, 0.4) is 0 Å². The van der Waals surface area contributed by atoms with Crippen LogP contribution in [0.15, 0.2) is 51.8 Å². The molecule has 3 nitrogen and oxygen atoms in total. The lowest BCUT2D eigenvalue weighted by molar-refractivity contribution is 0.0595. The number of carbonyl (C=O) groups is 1. The van der Waals surface area contributed by atoms with E-state index < -0.39 is 0 Å². The summed E-state index contributed by atoms with van der Waals surface area (Å²) in [5.74, 6) is 0.475. The number of fused-ring (bicyclic) bond motifs is 1. The molecule has 0 unspecified atom stereocenters. The number of nitrogens with one attached hydrogen (secondary N) is 1. The van der Waals surface area contributed by atoms with Crippen LogP contribution in [0.4, 0.5) is 0 Å². The molecule has 0 bridgehead atoms. The van der Waals surface area contributed by atoms with Gasteiger partial charge in [0, 0.05) is 31.0 Å². The maximum Gasteiger partial charge on any atom is 0.354 e. The normalized spacial score (nSPS) is 10.9. The van der Waals surface area contributed by atoms with Gasteiger partial charge in [0.25, 0.3) is 0 Å². The first-order chi connectivity index (χ1) is 11.1. The van der Waals surface area contributed by atoms with Crippen LogP contribution in [-0.4, -0.2) is 18.1 Å². The van der Waals surface area contributed by atoms with Crippen LogP contribution in [0.1, 0.15) is 16.1 Å². The van der Waals surface area contributed by atoms with E-state index in [1.54, 1.807) is 17.8 Å². The monoisotopic (exact) mass is 409 g/mol. The van der Waals surface area contributed by atoms with Crippen molar-refractivity contribution in [3.8, 4) is 0 Å². The largest absolute Gasteiger partial charge is 0.464 e. The lowest BCUT2D eigenvalue weighted by Gasteiger charge is -2.04. The Hall–Kier alpha value is -1.43. The molecule has 3 aromatic rings. The maximum atomic E-state index is 11.6. The molecule has 1 N–H and O–H groups in total. The van der Waals surface area contributed by atoms with Gasteiger partial charge in [-0.05, 0) is 35.9 Å². The summed E-state index contributed by atoms with van der Waals surface area (Å²) in [4.78, 5) is 15.8. The van der Waals surface area contributed by atoms with Gasteiger partial charge in [0.1, 0.15) is 5.69 Å². The number of thioether (sulfide) groups is 1. The Morgan fingerprint density at radius 2 is 2.00 bits per heavy atom. The number of hydrogen-bond donors (Lipinski definition) is 1. The quantitative estimate of drug-likeness (QED) is 0.445.